The van der Waals surface area contributed by atoms with E-state index in [2.05, 4.69) is 41.3 Å². The fraction of sp³-hybridized carbons (Fsp3) is 0.321. The number of morpholine rings is 1. The van der Waals surface area contributed by atoms with Crippen molar-refractivity contribution in [2.45, 2.75) is 19.3 Å². The van der Waals surface area contributed by atoms with Gasteiger partial charge in [0.2, 0.25) is 0 Å². The Labute approximate surface area is 190 Å². The summed E-state index contributed by atoms with van der Waals surface area (Å²) in [4.78, 5) is 14.6. The minimum absolute atomic E-state index is 0.217. The topological polar surface area (TPSA) is 38.8 Å². The van der Waals surface area contributed by atoms with Gasteiger partial charge in [-0.15, -0.1) is 0 Å². The molecule has 1 saturated heterocycles. The van der Waals surface area contributed by atoms with Crippen LogP contribution in [0.1, 0.15) is 28.8 Å². The molecule has 0 aromatic heterocycles. The number of benzene rings is 3. The number of ether oxygens (including phenoxy) is 2. The standard InChI is InChI=1S/C28H31NO3/c30-28(26-6-2-1-3-7-26)8-4-5-23-9-11-24(12-10-23)25-13-15-27(16-14-25)32-22-19-29-17-20-31-21-18-29/h1-3,6-7,9-16H,4-5,8,17-22H2. The first-order valence-corrected chi connectivity index (χ1v) is 11.5. The van der Waals surface area contributed by atoms with Crippen LogP contribution in [0, 0.1) is 0 Å². The second kappa shape index (κ2) is 11.6. The van der Waals surface area contributed by atoms with Crippen molar-refractivity contribution in [3.8, 4) is 16.9 Å². The third-order valence-corrected chi connectivity index (χ3v) is 5.89. The molecule has 0 N–H and O–H groups in total. The van der Waals surface area contributed by atoms with Crippen LogP contribution in [0.2, 0.25) is 0 Å². The van der Waals surface area contributed by atoms with Crippen LogP contribution in [0.5, 0.6) is 5.75 Å². The van der Waals surface area contributed by atoms with Crippen molar-refractivity contribution in [3.05, 3.63) is 90.0 Å². The molecule has 1 fully saturated rings. The van der Waals surface area contributed by atoms with E-state index in [4.69, 9.17) is 9.47 Å². The zero-order valence-corrected chi connectivity index (χ0v) is 18.5. The normalized spacial score (nSPS) is 14.2. The van der Waals surface area contributed by atoms with E-state index in [-0.39, 0.29) is 5.78 Å². The Hall–Kier alpha value is -2.95. The summed E-state index contributed by atoms with van der Waals surface area (Å²) in [5.41, 5.74) is 4.43. The molecule has 1 heterocycles. The predicted molar refractivity (Wildman–Crippen MR) is 128 cm³/mol. The van der Waals surface area contributed by atoms with Crippen LogP contribution in [0.4, 0.5) is 0 Å². The zero-order chi connectivity index (χ0) is 22.0. The van der Waals surface area contributed by atoms with Crippen LogP contribution in [0.15, 0.2) is 78.9 Å². The molecule has 32 heavy (non-hydrogen) atoms. The number of carbonyl (C=O) groups excluding carboxylic acids is 1. The van der Waals surface area contributed by atoms with Crippen molar-refractivity contribution in [2.75, 3.05) is 39.5 Å². The molecule has 0 atom stereocenters. The molecule has 0 bridgehead atoms. The van der Waals surface area contributed by atoms with Crippen LogP contribution in [0.25, 0.3) is 11.1 Å². The molecule has 0 aliphatic carbocycles. The maximum atomic E-state index is 12.2. The number of ketones is 1. The van der Waals surface area contributed by atoms with Gasteiger partial charge in [0.25, 0.3) is 0 Å². The molecule has 0 saturated carbocycles. The lowest BCUT2D eigenvalue weighted by Crippen LogP contribution is -2.38. The molecule has 4 heteroatoms. The number of Topliss-reactive ketones (excluding diaryl/α,β-unsaturated/α-hetero) is 1. The molecule has 3 aromatic rings. The van der Waals surface area contributed by atoms with E-state index in [1.807, 2.05) is 42.5 Å². The number of hydrogen-bond donors (Lipinski definition) is 0. The molecule has 0 radical (unpaired) electrons. The maximum absolute atomic E-state index is 12.2. The predicted octanol–water partition coefficient (Wildman–Crippen LogP) is 5.27. The molecule has 166 valence electrons. The quantitative estimate of drug-likeness (QED) is 0.412. The number of hydrogen-bond acceptors (Lipinski definition) is 4. The smallest absolute Gasteiger partial charge is 0.162 e. The van der Waals surface area contributed by atoms with Gasteiger partial charge in [-0.3, -0.25) is 9.69 Å². The van der Waals surface area contributed by atoms with Crippen LogP contribution in [0.3, 0.4) is 0 Å². The van der Waals surface area contributed by atoms with Crippen LogP contribution < -0.4 is 4.74 Å². The van der Waals surface area contributed by atoms with Crippen molar-refractivity contribution in [3.63, 3.8) is 0 Å². The van der Waals surface area contributed by atoms with Gasteiger partial charge < -0.3 is 9.47 Å². The Morgan fingerprint density at radius 3 is 2.19 bits per heavy atom. The summed E-state index contributed by atoms with van der Waals surface area (Å²) in [7, 11) is 0. The van der Waals surface area contributed by atoms with Gasteiger partial charge in [0.05, 0.1) is 13.2 Å². The summed E-state index contributed by atoms with van der Waals surface area (Å²) in [6, 6.07) is 26.5. The van der Waals surface area contributed by atoms with Gasteiger partial charge in [-0.2, -0.15) is 0 Å². The molecular formula is C28H31NO3. The van der Waals surface area contributed by atoms with E-state index in [0.717, 1.165) is 57.0 Å². The monoisotopic (exact) mass is 429 g/mol. The van der Waals surface area contributed by atoms with E-state index in [9.17, 15) is 4.79 Å². The molecule has 4 nitrogen and oxygen atoms in total. The minimum atomic E-state index is 0.217. The van der Waals surface area contributed by atoms with E-state index >= 15 is 0 Å². The molecule has 4 rings (SSSR count). The lowest BCUT2D eigenvalue weighted by molar-refractivity contribution is 0.0322. The highest BCUT2D eigenvalue weighted by Crippen LogP contribution is 2.23. The Morgan fingerprint density at radius 2 is 1.50 bits per heavy atom. The lowest BCUT2D eigenvalue weighted by Gasteiger charge is -2.26. The minimum Gasteiger partial charge on any atom is -0.492 e. The molecule has 0 unspecified atom stereocenters. The Morgan fingerprint density at radius 1 is 0.844 bits per heavy atom. The maximum Gasteiger partial charge on any atom is 0.162 e. The fourth-order valence-corrected chi connectivity index (χ4v) is 3.95. The first kappa shape index (κ1) is 22.3. The summed E-state index contributed by atoms with van der Waals surface area (Å²) in [5, 5.41) is 0. The van der Waals surface area contributed by atoms with Crippen LogP contribution in [-0.4, -0.2) is 50.1 Å². The second-order valence-corrected chi connectivity index (χ2v) is 8.17. The van der Waals surface area contributed by atoms with Gasteiger partial charge >= 0.3 is 0 Å². The van der Waals surface area contributed by atoms with E-state index in [1.165, 1.54) is 16.7 Å². The molecule has 0 spiro atoms. The molecule has 0 amide bonds. The molecular weight excluding hydrogens is 398 g/mol. The third kappa shape index (κ3) is 6.52. The summed E-state index contributed by atoms with van der Waals surface area (Å²) in [6.45, 7) is 5.24. The Bertz CT molecular complexity index is 962. The number of aryl methyl sites for hydroxylation is 1. The summed E-state index contributed by atoms with van der Waals surface area (Å²) in [6.07, 6.45) is 2.36. The highest BCUT2D eigenvalue weighted by molar-refractivity contribution is 5.95. The molecule has 1 aliphatic rings. The first-order chi connectivity index (χ1) is 15.8. The van der Waals surface area contributed by atoms with Gasteiger partial charge in [0, 0.05) is 31.6 Å². The average Bonchev–Trinajstić information content (AvgIpc) is 2.86. The van der Waals surface area contributed by atoms with Crippen molar-refractivity contribution in [1.82, 2.24) is 4.90 Å². The summed E-state index contributed by atoms with van der Waals surface area (Å²) in [5.74, 6) is 1.12. The fourth-order valence-electron chi connectivity index (χ4n) is 3.95. The van der Waals surface area contributed by atoms with Crippen LogP contribution in [-0.2, 0) is 11.2 Å². The highest BCUT2D eigenvalue weighted by Gasteiger charge is 2.10. The second-order valence-electron chi connectivity index (χ2n) is 8.17. The Kier molecular flexibility index (Phi) is 8.07. The lowest BCUT2D eigenvalue weighted by atomic mass is 10.00. The SMILES string of the molecule is O=C(CCCc1ccc(-c2ccc(OCCN3CCOCC3)cc2)cc1)c1ccccc1. The van der Waals surface area contributed by atoms with Crippen molar-refractivity contribution < 1.29 is 14.3 Å². The van der Waals surface area contributed by atoms with Gasteiger partial charge in [-0.05, 0) is 41.7 Å². The molecule has 3 aromatic carbocycles. The number of nitrogens with zero attached hydrogens (tertiary/aromatic N) is 1. The van der Waals surface area contributed by atoms with Gasteiger partial charge in [0.1, 0.15) is 12.4 Å². The number of rotatable bonds is 10. The van der Waals surface area contributed by atoms with E-state index < -0.39 is 0 Å². The average molecular weight is 430 g/mol. The van der Waals surface area contributed by atoms with Crippen molar-refractivity contribution >= 4 is 5.78 Å². The summed E-state index contributed by atoms with van der Waals surface area (Å²) >= 11 is 0. The van der Waals surface area contributed by atoms with E-state index in [0.29, 0.717) is 13.0 Å². The number of carbonyl (C=O) groups is 1. The largest absolute Gasteiger partial charge is 0.492 e. The van der Waals surface area contributed by atoms with Gasteiger partial charge in [-0.25, -0.2) is 0 Å². The Balaban J connectivity index is 1.22. The van der Waals surface area contributed by atoms with E-state index in [1.54, 1.807) is 0 Å². The third-order valence-electron chi connectivity index (χ3n) is 5.89. The van der Waals surface area contributed by atoms with Crippen molar-refractivity contribution in [1.29, 1.82) is 0 Å². The highest BCUT2D eigenvalue weighted by atomic mass is 16.5. The zero-order valence-electron chi connectivity index (χ0n) is 18.5. The summed E-state index contributed by atoms with van der Waals surface area (Å²) < 4.78 is 11.3. The van der Waals surface area contributed by atoms with Crippen LogP contribution >= 0.6 is 0 Å². The molecule has 1 aliphatic heterocycles. The van der Waals surface area contributed by atoms with Gasteiger partial charge in [0.15, 0.2) is 5.78 Å². The van der Waals surface area contributed by atoms with Crippen molar-refractivity contribution in [2.24, 2.45) is 0 Å². The van der Waals surface area contributed by atoms with Gasteiger partial charge in [-0.1, -0.05) is 66.7 Å². The first-order valence-electron chi connectivity index (χ1n) is 11.5.